The van der Waals surface area contributed by atoms with E-state index in [0.717, 1.165) is 11.1 Å². The minimum atomic E-state index is -0.586. The number of carbonyl (C=O) groups is 2. The molecule has 3 aromatic rings. The average Bonchev–Trinajstić information content (AvgIpc) is 3.09. The lowest BCUT2D eigenvalue weighted by Gasteiger charge is -2.10. The molecule has 6 nitrogen and oxygen atoms in total. The molecule has 150 valence electrons. The highest BCUT2D eigenvalue weighted by molar-refractivity contribution is 6.19. The van der Waals surface area contributed by atoms with Gasteiger partial charge in [-0.15, -0.1) is 0 Å². The van der Waals surface area contributed by atoms with Crippen molar-refractivity contribution in [2.24, 2.45) is 0 Å². The molecule has 6 heteroatoms. The average molecular weight is 394 g/mol. The van der Waals surface area contributed by atoms with Crippen molar-refractivity contribution in [2.45, 2.75) is 20.8 Å². The molecule has 0 saturated carbocycles. The van der Waals surface area contributed by atoms with Crippen LogP contribution < -0.4 is 4.74 Å². The number of hydrogen-bond acceptors (Lipinski definition) is 6. The van der Waals surface area contributed by atoms with E-state index in [2.05, 4.69) is 4.74 Å². The zero-order valence-corrected chi connectivity index (χ0v) is 17.0. The van der Waals surface area contributed by atoms with Gasteiger partial charge in [0.15, 0.2) is 17.1 Å². The van der Waals surface area contributed by atoms with Crippen molar-refractivity contribution in [1.29, 1.82) is 0 Å². The summed E-state index contributed by atoms with van der Waals surface area (Å²) < 4.78 is 15.8. The molecule has 0 spiro atoms. The fraction of sp³-hybridized carbons (Fsp3) is 0.217. The Morgan fingerprint density at radius 3 is 2.45 bits per heavy atom. The number of fused-ring (bicyclic) bond motifs is 1. The summed E-state index contributed by atoms with van der Waals surface area (Å²) in [5.74, 6) is -0.179. The minimum absolute atomic E-state index is 0.0491. The third-order valence-electron chi connectivity index (χ3n) is 4.96. The number of phenolic OH excluding ortho intramolecular Hbond substituents is 1. The van der Waals surface area contributed by atoms with Crippen LogP contribution in [0.5, 0.6) is 11.5 Å². The van der Waals surface area contributed by atoms with Crippen LogP contribution in [0.1, 0.15) is 38.4 Å². The summed E-state index contributed by atoms with van der Waals surface area (Å²) >= 11 is 0. The van der Waals surface area contributed by atoms with Crippen LogP contribution in [-0.4, -0.2) is 31.1 Å². The summed E-state index contributed by atoms with van der Waals surface area (Å²) in [6.07, 6.45) is 2.53. The van der Waals surface area contributed by atoms with Gasteiger partial charge in [0.05, 0.1) is 19.8 Å². The molecule has 29 heavy (non-hydrogen) atoms. The second-order valence-electron chi connectivity index (χ2n) is 6.76. The summed E-state index contributed by atoms with van der Waals surface area (Å²) in [6.45, 7) is 5.55. The first kappa shape index (κ1) is 20.2. The van der Waals surface area contributed by atoms with E-state index in [9.17, 15) is 14.7 Å². The van der Waals surface area contributed by atoms with E-state index >= 15 is 0 Å². The Morgan fingerprint density at radius 1 is 1.07 bits per heavy atom. The molecule has 1 N–H and O–H groups in total. The highest BCUT2D eigenvalue weighted by Crippen LogP contribution is 2.37. The van der Waals surface area contributed by atoms with Crippen molar-refractivity contribution >= 4 is 28.8 Å². The summed E-state index contributed by atoms with van der Waals surface area (Å²) in [6, 6.07) is 6.87. The van der Waals surface area contributed by atoms with Crippen molar-refractivity contribution in [1.82, 2.24) is 0 Å². The standard InChI is InChI=1S/C23H22O6/c1-12-6-7-16-20(17(8-9-19(24)28-5)29-23(16)21(12)25)22(26)15-10-13(2)14(3)18(11-15)27-4/h6-11,25H,1-5H3/b9-8+. The molecule has 0 bridgehead atoms. The van der Waals surface area contributed by atoms with Gasteiger partial charge in [-0.1, -0.05) is 6.07 Å². The topological polar surface area (TPSA) is 86.0 Å². The van der Waals surface area contributed by atoms with Crippen LogP contribution in [0.15, 0.2) is 34.8 Å². The lowest BCUT2D eigenvalue weighted by atomic mass is 9.96. The number of phenols is 1. The Kier molecular flexibility index (Phi) is 5.46. The molecule has 0 fully saturated rings. The second kappa shape index (κ2) is 7.83. The number of furan rings is 1. The zero-order valence-electron chi connectivity index (χ0n) is 17.0. The van der Waals surface area contributed by atoms with E-state index in [-0.39, 0.29) is 28.4 Å². The number of methoxy groups -OCH3 is 2. The predicted octanol–water partition coefficient (Wildman–Crippen LogP) is 4.49. The number of benzene rings is 2. The van der Waals surface area contributed by atoms with Crippen molar-refractivity contribution in [3.05, 3.63) is 63.9 Å². The minimum Gasteiger partial charge on any atom is -0.504 e. The van der Waals surface area contributed by atoms with Gasteiger partial charge in [-0.25, -0.2) is 4.79 Å². The number of ether oxygens (including phenoxy) is 2. The monoisotopic (exact) mass is 394 g/mol. The first-order valence-electron chi connectivity index (χ1n) is 8.99. The molecule has 0 amide bonds. The zero-order chi connectivity index (χ0) is 21.3. The second-order valence-corrected chi connectivity index (χ2v) is 6.76. The van der Waals surface area contributed by atoms with E-state index in [4.69, 9.17) is 9.15 Å². The molecular formula is C23H22O6. The Bertz CT molecular complexity index is 1150. The van der Waals surface area contributed by atoms with Gasteiger partial charge in [0.1, 0.15) is 11.5 Å². The van der Waals surface area contributed by atoms with Gasteiger partial charge >= 0.3 is 5.97 Å². The van der Waals surface area contributed by atoms with E-state index in [0.29, 0.717) is 22.3 Å². The van der Waals surface area contributed by atoms with Gasteiger partial charge < -0.3 is 19.0 Å². The molecule has 0 unspecified atom stereocenters. The smallest absolute Gasteiger partial charge is 0.330 e. The van der Waals surface area contributed by atoms with Crippen molar-refractivity contribution < 1.29 is 28.6 Å². The largest absolute Gasteiger partial charge is 0.504 e. The molecule has 1 heterocycles. The van der Waals surface area contributed by atoms with Gasteiger partial charge in [0, 0.05) is 17.0 Å². The van der Waals surface area contributed by atoms with E-state index in [1.807, 2.05) is 13.8 Å². The number of aromatic hydroxyl groups is 1. The van der Waals surface area contributed by atoms with Gasteiger partial charge in [0.2, 0.25) is 0 Å². The number of carbonyl (C=O) groups excluding carboxylic acids is 2. The van der Waals surface area contributed by atoms with Gasteiger partial charge in [-0.2, -0.15) is 0 Å². The first-order valence-corrected chi connectivity index (χ1v) is 8.99. The van der Waals surface area contributed by atoms with E-state index < -0.39 is 5.97 Å². The molecule has 0 atom stereocenters. The molecular weight excluding hydrogens is 372 g/mol. The number of rotatable bonds is 5. The van der Waals surface area contributed by atoms with Crippen LogP contribution in [0.4, 0.5) is 0 Å². The SMILES string of the molecule is COC(=O)/C=C/c1oc2c(O)c(C)ccc2c1C(=O)c1cc(C)c(C)c(OC)c1. The maximum Gasteiger partial charge on any atom is 0.330 e. The molecule has 2 aromatic carbocycles. The molecule has 0 aliphatic carbocycles. The fourth-order valence-electron chi connectivity index (χ4n) is 3.14. The highest BCUT2D eigenvalue weighted by atomic mass is 16.5. The van der Waals surface area contributed by atoms with Crippen LogP contribution in [0, 0.1) is 20.8 Å². The van der Waals surface area contributed by atoms with Crippen molar-refractivity contribution in [2.75, 3.05) is 14.2 Å². The molecule has 0 radical (unpaired) electrons. The van der Waals surface area contributed by atoms with Crippen LogP contribution in [0.3, 0.4) is 0 Å². The van der Waals surface area contributed by atoms with Crippen molar-refractivity contribution in [3.8, 4) is 11.5 Å². The summed E-state index contributed by atoms with van der Waals surface area (Å²) in [5, 5.41) is 10.9. The normalized spacial score (nSPS) is 11.2. The van der Waals surface area contributed by atoms with Gasteiger partial charge in [-0.05, 0) is 61.7 Å². The molecule has 3 rings (SSSR count). The summed E-state index contributed by atoms with van der Waals surface area (Å²) in [7, 11) is 2.81. The lowest BCUT2D eigenvalue weighted by Crippen LogP contribution is -2.05. The quantitative estimate of drug-likeness (QED) is 0.390. The molecule has 0 aliphatic rings. The summed E-state index contributed by atoms with van der Waals surface area (Å²) in [5.41, 5.74) is 3.32. The lowest BCUT2D eigenvalue weighted by molar-refractivity contribution is -0.134. The van der Waals surface area contributed by atoms with E-state index in [1.54, 1.807) is 38.3 Å². The Morgan fingerprint density at radius 2 is 1.79 bits per heavy atom. The Hall–Kier alpha value is -3.54. The number of ketones is 1. The highest BCUT2D eigenvalue weighted by Gasteiger charge is 2.24. The maximum atomic E-state index is 13.4. The summed E-state index contributed by atoms with van der Waals surface area (Å²) in [4.78, 5) is 25.0. The van der Waals surface area contributed by atoms with Gasteiger partial charge in [0.25, 0.3) is 0 Å². The predicted molar refractivity (Wildman–Crippen MR) is 110 cm³/mol. The first-order chi connectivity index (χ1) is 13.8. The Labute approximate surface area is 168 Å². The van der Waals surface area contributed by atoms with Crippen LogP contribution in [0.2, 0.25) is 0 Å². The van der Waals surface area contributed by atoms with Crippen LogP contribution >= 0.6 is 0 Å². The van der Waals surface area contributed by atoms with Crippen LogP contribution in [0.25, 0.3) is 17.0 Å². The maximum absolute atomic E-state index is 13.4. The molecule has 0 aliphatic heterocycles. The number of esters is 1. The molecule has 1 aromatic heterocycles. The van der Waals surface area contributed by atoms with Crippen LogP contribution in [-0.2, 0) is 9.53 Å². The fourth-order valence-corrected chi connectivity index (χ4v) is 3.14. The third-order valence-corrected chi connectivity index (χ3v) is 4.96. The van der Waals surface area contributed by atoms with E-state index in [1.165, 1.54) is 19.3 Å². The number of hydrogen-bond donors (Lipinski definition) is 1. The Balaban J connectivity index is 2.25. The third kappa shape index (κ3) is 3.61. The molecule has 0 saturated heterocycles. The number of aryl methyl sites for hydroxylation is 2. The van der Waals surface area contributed by atoms with Gasteiger partial charge in [-0.3, -0.25) is 4.79 Å². The van der Waals surface area contributed by atoms with Crippen molar-refractivity contribution in [3.63, 3.8) is 0 Å².